The average Bonchev–Trinajstić information content (AvgIpc) is 2.30. The molecule has 16 heavy (non-hydrogen) atoms. The highest BCUT2D eigenvalue weighted by atomic mass is 32.2. The van der Waals surface area contributed by atoms with Crippen LogP contribution in [0, 0.1) is 0 Å². The van der Waals surface area contributed by atoms with E-state index in [2.05, 4.69) is 4.98 Å². The molecule has 0 aliphatic carbocycles. The van der Waals surface area contributed by atoms with Gasteiger partial charge in [0.15, 0.2) is 5.03 Å². The van der Waals surface area contributed by atoms with E-state index in [9.17, 15) is 12.8 Å². The summed E-state index contributed by atoms with van der Waals surface area (Å²) in [5.74, 6) is -0.411. The van der Waals surface area contributed by atoms with Crippen molar-refractivity contribution in [3.63, 3.8) is 0 Å². The van der Waals surface area contributed by atoms with Gasteiger partial charge in [-0.3, -0.25) is 0 Å². The zero-order valence-electron chi connectivity index (χ0n) is 8.51. The van der Waals surface area contributed by atoms with Crippen LogP contribution in [0.2, 0.25) is 0 Å². The van der Waals surface area contributed by atoms with Crippen LogP contribution in [0.25, 0.3) is 0 Å². The number of nitrogens with zero attached hydrogens (tertiary/aromatic N) is 2. The highest BCUT2D eigenvalue weighted by Gasteiger charge is 2.27. The van der Waals surface area contributed by atoms with Crippen LogP contribution < -0.4 is 0 Å². The minimum Gasteiger partial charge on any atom is -0.243 e. The smallest absolute Gasteiger partial charge is 0.243 e. The van der Waals surface area contributed by atoms with E-state index in [1.807, 2.05) is 0 Å². The van der Waals surface area contributed by atoms with Crippen LogP contribution >= 0.6 is 0 Å². The minimum atomic E-state index is -3.65. The second kappa shape index (κ2) is 4.31. The number of rotatable bonds is 2. The Labute approximate surface area is 93.5 Å². The molecule has 0 fully saturated rings. The van der Waals surface area contributed by atoms with Gasteiger partial charge >= 0.3 is 0 Å². The molecule has 0 radical (unpaired) electrons. The van der Waals surface area contributed by atoms with Crippen LogP contribution in [0.1, 0.15) is 6.42 Å². The molecule has 1 aliphatic rings. The lowest BCUT2D eigenvalue weighted by atomic mass is 10.3. The molecule has 2 rings (SSSR count). The van der Waals surface area contributed by atoms with Crippen molar-refractivity contribution in [3.8, 4) is 0 Å². The summed E-state index contributed by atoms with van der Waals surface area (Å²) in [7, 11) is -3.65. The van der Waals surface area contributed by atoms with Crippen LogP contribution in [0.15, 0.2) is 41.3 Å². The summed E-state index contributed by atoms with van der Waals surface area (Å²) in [5.41, 5.74) is 0. The third-order valence-electron chi connectivity index (χ3n) is 2.31. The van der Waals surface area contributed by atoms with E-state index in [0.717, 1.165) is 4.31 Å². The summed E-state index contributed by atoms with van der Waals surface area (Å²) in [6, 6.07) is 4.64. The van der Waals surface area contributed by atoms with E-state index in [1.165, 1.54) is 18.3 Å². The van der Waals surface area contributed by atoms with Crippen LogP contribution in [0.3, 0.4) is 0 Å². The van der Waals surface area contributed by atoms with Crippen molar-refractivity contribution < 1.29 is 12.8 Å². The van der Waals surface area contributed by atoms with Gasteiger partial charge in [0, 0.05) is 12.7 Å². The topological polar surface area (TPSA) is 50.3 Å². The summed E-state index contributed by atoms with van der Waals surface area (Å²) >= 11 is 0. The fourth-order valence-electron chi connectivity index (χ4n) is 1.51. The standard InChI is InChI=1S/C10H11FN2O2S/c11-9-4-3-7-13(8-9)16(14,15)10-5-1-2-6-12-10/h1-2,4-6H,3,7-8H2. The Bertz CT molecular complexity index is 499. The van der Waals surface area contributed by atoms with E-state index < -0.39 is 15.9 Å². The van der Waals surface area contributed by atoms with Crippen molar-refractivity contribution in [1.82, 2.24) is 9.29 Å². The fourth-order valence-corrected chi connectivity index (χ4v) is 2.86. The monoisotopic (exact) mass is 242 g/mol. The molecule has 0 N–H and O–H groups in total. The van der Waals surface area contributed by atoms with Crippen LogP contribution in [-0.2, 0) is 10.0 Å². The summed E-state index contributed by atoms with van der Waals surface area (Å²) in [4.78, 5) is 3.78. The average molecular weight is 242 g/mol. The molecule has 4 nitrogen and oxygen atoms in total. The van der Waals surface area contributed by atoms with E-state index >= 15 is 0 Å². The molecule has 0 unspecified atom stereocenters. The largest absolute Gasteiger partial charge is 0.260 e. The fraction of sp³-hybridized carbons (Fsp3) is 0.300. The third kappa shape index (κ3) is 2.12. The van der Waals surface area contributed by atoms with E-state index in [0.29, 0.717) is 13.0 Å². The van der Waals surface area contributed by atoms with E-state index in [1.54, 1.807) is 12.1 Å². The number of aromatic nitrogens is 1. The second-order valence-corrected chi connectivity index (χ2v) is 5.33. The first-order chi connectivity index (χ1) is 7.60. The predicted octanol–water partition coefficient (Wildman–Crippen LogP) is 1.33. The van der Waals surface area contributed by atoms with Crippen LogP contribution in [0.4, 0.5) is 4.39 Å². The SMILES string of the molecule is O=S(=O)(c1ccccn1)N1CCC=C(F)C1. The highest BCUT2D eigenvalue weighted by molar-refractivity contribution is 7.89. The lowest BCUT2D eigenvalue weighted by Gasteiger charge is -2.23. The third-order valence-corrected chi connectivity index (χ3v) is 4.08. The van der Waals surface area contributed by atoms with Crippen molar-refractivity contribution in [1.29, 1.82) is 0 Å². The Morgan fingerprint density at radius 1 is 1.38 bits per heavy atom. The molecule has 1 aromatic heterocycles. The van der Waals surface area contributed by atoms with E-state index in [4.69, 9.17) is 0 Å². The zero-order valence-corrected chi connectivity index (χ0v) is 9.32. The Morgan fingerprint density at radius 2 is 2.19 bits per heavy atom. The molecule has 1 aromatic rings. The Hall–Kier alpha value is -1.27. The maximum absolute atomic E-state index is 13.0. The summed E-state index contributed by atoms with van der Waals surface area (Å²) in [6.45, 7) is 0.102. The molecule has 0 saturated carbocycles. The number of hydrogen-bond acceptors (Lipinski definition) is 3. The Morgan fingerprint density at radius 3 is 2.81 bits per heavy atom. The molecular weight excluding hydrogens is 231 g/mol. The van der Waals surface area contributed by atoms with Gasteiger partial charge in [-0.1, -0.05) is 12.1 Å². The van der Waals surface area contributed by atoms with Crippen molar-refractivity contribution in [2.24, 2.45) is 0 Å². The summed E-state index contributed by atoms with van der Waals surface area (Å²) < 4.78 is 38.1. The lowest BCUT2D eigenvalue weighted by molar-refractivity contribution is 0.387. The van der Waals surface area contributed by atoms with Crippen molar-refractivity contribution in [2.75, 3.05) is 13.1 Å². The highest BCUT2D eigenvalue weighted by Crippen LogP contribution is 2.19. The summed E-state index contributed by atoms with van der Waals surface area (Å²) in [5, 5.41) is -0.0373. The van der Waals surface area contributed by atoms with Gasteiger partial charge < -0.3 is 0 Å². The van der Waals surface area contributed by atoms with Crippen LogP contribution in [-0.4, -0.2) is 30.8 Å². The van der Waals surface area contributed by atoms with Gasteiger partial charge in [-0.15, -0.1) is 0 Å². The van der Waals surface area contributed by atoms with Gasteiger partial charge in [0.05, 0.1) is 6.54 Å². The minimum absolute atomic E-state index is 0.0373. The van der Waals surface area contributed by atoms with Crippen molar-refractivity contribution in [3.05, 3.63) is 36.3 Å². The molecule has 0 aromatic carbocycles. The van der Waals surface area contributed by atoms with Gasteiger partial charge in [0.2, 0.25) is 0 Å². The van der Waals surface area contributed by atoms with Crippen molar-refractivity contribution >= 4 is 10.0 Å². The number of pyridine rings is 1. The quantitative estimate of drug-likeness (QED) is 0.786. The molecule has 0 spiro atoms. The van der Waals surface area contributed by atoms with Gasteiger partial charge in [0.25, 0.3) is 10.0 Å². The molecule has 2 heterocycles. The maximum Gasteiger partial charge on any atom is 0.260 e. The van der Waals surface area contributed by atoms with Gasteiger partial charge in [-0.05, 0) is 18.6 Å². The number of hydrogen-bond donors (Lipinski definition) is 0. The first-order valence-electron chi connectivity index (χ1n) is 4.86. The van der Waals surface area contributed by atoms with Gasteiger partial charge in [-0.25, -0.2) is 17.8 Å². The molecular formula is C10H11FN2O2S. The Balaban J connectivity index is 2.30. The predicted molar refractivity (Wildman–Crippen MR) is 56.8 cm³/mol. The number of halogens is 1. The van der Waals surface area contributed by atoms with Crippen molar-refractivity contribution in [2.45, 2.75) is 11.4 Å². The molecule has 0 bridgehead atoms. The normalized spacial score (nSPS) is 18.2. The Kier molecular flexibility index (Phi) is 3.02. The molecule has 0 atom stereocenters. The molecule has 0 saturated heterocycles. The first-order valence-corrected chi connectivity index (χ1v) is 6.30. The van der Waals surface area contributed by atoms with Crippen LogP contribution in [0.5, 0.6) is 0 Å². The molecule has 1 aliphatic heterocycles. The molecule has 0 amide bonds. The van der Waals surface area contributed by atoms with Gasteiger partial charge in [-0.2, -0.15) is 4.31 Å². The summed E-state index contributed by atoms with van der Waals surface area (Å²) in [6.07, 6.45) is 3.21. The van der Waals surface area contributed by atoms with E-state index in [-0.39, 0.29) is 11.6 Å². The maximum atomic E-state index is 13.0. The lowest BCUT2D eigenvalue weighted by Crippen LogP contribution is -2.35. The van der Waals surface area contributed by atoms with Gasteiger partial charge in [0.1, 0.15) is 5.83 Å². The first kappa shape index (κ1) is 11.2. The number of sulfonamides is 1. The molecule has 6 heteroatoms. The molecule has 86 valence electrons. The second-order valence-electron chi connectivity index (χ2n) is 3.45. The zero-order chi connectivity index (χ0) is 11.6.